The van der Waals surface area contributed by atoms with Crippen molar-refractivity contribution in [2.24, 2.45) is 0 Å². The number of anilines is 1. The highest BCUT2D eigenvalue weighted by molar-refractivity contribution is 5.76. The van der Waals surface area contributed by atoms with E-state index < -0.39 is 0 Å². The van der Waals surface area contributed by atoms with Crippen molar-refractivity contribution in [1.29, 1.82) is 0 Å². The standard InChI is InChI=1S/C16H22N6O3/c1-10(2)16-21-20-12(25-16)3-4-13(23)22-7-8-24-11(9-22)14-15(17)19-6-5-18-14/h5-6,10-11H,3-4,7-9H2,1-2H3,(H2,17,19)/t11-/m0/s1. The first-order valence-electron chi connectivity index (χ1n) is 8.32. The molecule has 0 aliphatic carbocycles. The van der Waals surface area contributed by atoms with Gasteiger partial charge >= 0.3 is 0 Å². The summed E-state index contributed by atoms with van der Waals surface area (Å²) in [4.78, 5) is 22.5. The fourth-order valence-corrected chi connectivity index (χ4v) is 2.62. The maximum absolute atomic E-state index is 12.5. The fraction of sp³-hybridized carbons (Fsp3) is 0.562. The van der Waals surface area contributed by atoms with Gasteiger partial charge in [0.15, 0.2) is 0 Å². The molecule has 2 N–H and O–H groups in total. The number of aromatic nitrogens is 4. The predicted octanol–water partition coefficient (Wildman–Crippen LogP) is 1.10. The third-order valence-electron chi connectivity index (χ3n) is 4.01. The van der Waals surface area contributed by atoms with E-state index in [0.29, 0.717) is 55.8 Å². The van der Waals surface area contributed by atoms with Gasteiger partial charge in [0.2, 0.25) is 17.7 Å². The monoisotopic (exact) mass is 346 g/mol. The van der Waals surface area contributed by atoms with Crippen LogP contribution >= 0.6 is 0 Å². The van der Waals surface area contributed by atoms with Gasteiger partial charge in [0.25, 0.3) is 0 Å². The molecule has 9 heteroatoms. The normalized spacial score (nSPS) is 17.9. The van der Waals surface area contributed by atoms with Crippen LogP contribution in [0.25, 0.3) is 0 Å². The summed E-state index contributed by atoms with van der Waals surface area (Å²) in [6, 6.07) is 0. The topological polar surface area (TPSA) is 120 Å². The Morgan fingerprint density at radius 1 is 1.36 bits per heavy atom. The van der Waals surface area contributed by atoms with Crippen molar-refractivity contribution in [1.82, 2.24) is 25.1 Å². The largest absolute Gasteiger partial charge is 0.425 e. The molecule has 0 saturated carbocycles. The number of ether oxygens (including phenoxy) is 1. The summed E-state index contributed by atoms with van der Waals surface area (Å²) in [5.41, 5.74) is 6.42. The predicted molar refractivity (Wildman–Crippen MR) is 88.4 cm³/mol. The van der Waals surface area contributed by atoms with E-state index in [1.165, 1.54) is 6.20 Å². The maximum atomic E-state index is 12.5. The van der Waals surface area contributed by atoms with Gasteiger partial charge in [-0.05, 0) is 0 Å². The molecular weight excluding hydrogens is 324 g/mol. The minimum atomic E-state index is -0.359. The molecule has 3 heterocycles. The number of carbonyl (C=O) groups excluding carboxylic acids is 1. The van der Waals surface area contributed by atoms with E-state index in [1.807, 2.05) is 13.8 Å². The summed E-state index contributed by atoms with van der Waals surface area (Å²) in [5, 5.41) is 7.96. The molecule has 1 amide bonds. The Morgan fingerprint density at radius 3 is 2.88 bits per heavy atom. The number of hydrogen-bond acceptors (Lipinski definition) is 8. The SMILES string of the molecule is CC(C)c1nnc(CCC(=O)N2CCO[C@H](c3nccnc3N)C2)o1. The van der Waals surface area contributed by atoms with E-state index in [9.17, 15) is 4.79 Å². The minimum Gasteiger partial charge on any atom is -0.425 e. The molecule has 1 aliphatic heterocycles. The van der Waals surface area contributed by atoms with Crippen LogP contribution in [0.1, 0.15) is 49.8 Å². The van der Waals surface area contributed by atoms with Gasteiger partial charge in [-0.1, -0.05) is 13.8 Å². The Kier molecular flexibility index (Phi) is 5.22. The summed E-state index contributed by atoms with van der Waals surface area (Å²) < 4.78 is 11.2. The zero-order valence-corrected chi connectivity index (χ0v) is 14.4. The number of nitrogens with zero attached hydrogens (tertiary/aromatic N) is 5. The second kappa shape index (κ2) is 7.56. The van der Waals surface area contributed by atoms with Gasteiger partial charge in [-0.2, -0.15) is 0 Å². The third kappa shape index (κ3) is 4.11. The Labute approximate surface area is 145 Å². The number of aryl methyl sites for hydroxylation is 1. The summed E-state index contributed by atoms with van der Waals surface area (Å²) >= 11 is 0. The van der Waals surface area contributed by atoms with Gasteiger partial charge in [-0.3, -0.25) is 9.78 Å². The van der Waals surface area contributed by atoms with Crippen molar-refractivity contribution in [3.05, 3.63) is 29.9 Å². The Hall–Kier alpha value is -2.55. The van der Waals surface area contributed by atoms with Crippen molar-refractivity contribution < 1.29 is 13.9 Å². The molecule has 3 rings (SSSR count). The van der Waals surface area contributed by atoms with E-state index in [1.54, 1.807) is 11.1 Å². The summed E-state index contributed by atoms with van der Waals surface area (Å²) in [6.07, 6.45) is 3.47. The van der Waals surface area contributed by atoms with Crippen LogP contribution in [0.5, 0.6) is 0 Å². The quantitative estimate of drug-likeness (QED) is 0.854. The molecular formula is C16H22N6O3. The van der Waals surface area contributed by atoms with Crippen LogP contribution < -0.4 is 5.73 Å². The van der Waals surface area contributed by atoms with Gasteiger partial charge in [0, 0.05) is 37.7 Å². The van der Waals surface area contributed by atoms with Crippen molar-refractivity contribution >= 4 is 11.7 Å². The Bertz CT molecular complexity index is 732. The smallest absolute Gasteiger partial charge is 0.223 e. The van der Waals surface area contributed by atoms with Crippen LogP contribution in [0, 0.1) is 0 Å². The highest BCUT2D eigenvalue weighted by Crippen LogP contribution is 2.24. The third-order valence-corrected chi connectivity index (χ3v) is 4.01. The number of nitrogen functional groups attached to an aromatic ring is 1. The molecule has 2 aromatic rings. The van der Waals surface area contributed by atoms with Crippen LogP contribution in [-0.4, -0.2) is 50.7 Å². The van der Waals surface area contributed by atoms with E-state index in [-0.39, 0.29) is 17.9 Å². The molecule has 2 aromatic heterocycles. The second-order valence-corrected chi connectivity index (χ2v) is 6.21. The Morgan fingerprint density at radius 2 is 2.16 bits per heavy atom. The van der Waals surface area contributed by atoms with Gasteiger partial charge in [-0.25, -0.2) is 4.98 Å². The number of hydrogen-bond donors (Lipinski definition) is 1. The molecule has 1 saturated heterocycles. The van der Waals surface area contributed by atoms with E-state index in [4.69, 9.17) is 14.9 Å². The van der Waals surface area contributed by atoms with Gasteiger partial charge in [0.1, 0.15) is 17.6 Å². The Balaban J connectivity index is 1.57. The van der Waals surface area contributed by atoms with Crippen molar-refractivity contribution in [3.8, 4) is 0 Å². The van der Waals surface area contributed by atoms with Gasteiger partial charge in [-0.15, -0.1) is 10.2 Å². The molecule has 0 spiro atoms. The second-order valence-electron chi connectivity index (χ2n) is 6.21. The van der Waals surface area contributed by atoms with Crippen molar-refractivity contribution in [2.45, 2.75) is 38.7 Å². The molecule has 0 bridgehead atoms. The zero-order valence-electron chi connectivity index (χ0n) is 14.4. The molecule has 0 aromatic carbocycles. The van der Waals surface area contributed by atoms with Crippen LogP contribution in [0.2, 0.25) is 0 Å². The lowest BCUT2D eigenvalue weighted by atomic mass is 10.1. The van der Waals surface area contributed by atoms with Crippen molar-refractivity contribution in [2.75, 3.05) is 25.4 Å². The molecule has 134 valence electrons. The van der Waals surface area contributed by atoms with Gasteiger partial charge in [0.05, 0.1) is 13.2 Å². The van der Waals surface area contributed by atoms with E-state index >= 15 is 0 Å². The minimum absolute atomic E-state index is 0.0139. The molecule has 1 fully saturated rings. The molecule has 9 nitrogen and oxygen atoms in total. The van der Waals surface area contributed by atoms with E-state index in [2.05, 4.69) is 20.2 Å². The van der Waals surface area contributed by atoms with Crippen LogP contribution in [-0.2, 0) is 16.0 Å². The lowest BCUT2D eigenvalue weighted by Gasteiger charge is -2.32. The summed E-state index contributed by atoms with van der Waals surface area (Å²) in [5.74, 6) is 1.59. The highest BCUT2D eigenvalue weighted by atomic mass is 16.5. The van der Waals surface area contributed by atoms with Crippen LogP contribution in [0.15, 0.2) is 16.8 Å². The number of carbonyl (C=O) groups is 1. The average Bonchev–Trinajstić information content (AvgIpc) is 3.09. The first kappa shape index (κ1) is 17.3. The maximum Gasteiger partial charge on any atom is 0.223 e. The lowest BCUT2D eigenvalue weighted by Crippen LogP contribution is -2.42. The molecule has 1 atom stereocenters. The van der Waals surface area contributed by atoms with Crippen LogP contribution in [0.4, 0.5) is 5.82 Å². The van der Waals surface area contributed by atoms with Crippen LogP contribution in [0.3, 0.4) is 0 Å². The molecule has 0 unspecified atom stereocenters. The first-order valence-corrected chi connectivity index (χ1v) is 8.32. The molecule has 25 heavy (non-hydrogen) atoms. The highest BCUT2D eigenvalue weighted by Gasteiger charge is 2.28. The fourth-order valence-electron chi connectivity index (χ4n) is 2.62. The number of rotatable bonds is 5. The summed E-state index contributed by atoms with van der Waals surface area (Å²) in [6.45, 7) is 5.34. The zero-order chi connectivity index (χ0) is 17.8. The number of morpholine rings is 1. The summed E-state index contributed by atoms with van der Waals surface area (Å²) in [7, 11) is 0. The van der Waals surface area contributed by atoms with Gasteiger partial charge < -0.3 is 19.8 Å². The first-order chi connectivity index (χ1) is 12.0. The molecule has 0 radical (unpaired) electrons. The lowest BCUT2D eigenvalue weighted by molar-refractivity contribution is -0.139. The number of nitrogens with two attached hydrogens (primary N) is 1. The average molecular weight is 346 g/mol. The molecule has 1 aliphatic rings. The van der Waals surface area contributed by atoms with Crippen molar-refractivity contribution in [3.63, 3.8) is 0 Å². The van der Waals surface area contributed by atoms with E-state index in [0.717, 1.165) is 0 Å². The number of amides is 1.